The van der Waals surface area contributed by atoms with Crippen LogP contribution in [0.3, 0.4) is 0 Å². The molecule has 10 heteroatoms. The van der Waals surface area contributed by atoms with Gasteiger partial charge < -0.3 is 9.47 Å². The summed E-state index contributed by atoms with van der Waals surface area (Å²) < 4.78 is 77.0. The van der Waals surface area contributed by atoms with Gasteiger partial charge in [-0.1, -0.05) is 18.2 Å². The molecule has 0 atom stereocenters. The van der Waals surface area contributed by atoms with E-state index in [1.54, 1.807) is 18.2 Å². The van der Waals surface area contributed by atoms with Gasteiger partial charge in [-0.2, -0.15) is 13.2 Å². The van der Waals surface area contributed by atoms with Crippen LogP contribution in [0.4, 0.5) is 18.9 Å². The van der Waals surface area contributed by atoms with Gasteiger partial charge in [-0.05, 0) is 56.0 Å². The summed E-state index contributed by atoms with van der Waals surface area (Å²) in [6, 6.07) is 8.90. The van der Waals surface area contributed by atoms with Crippen LogP contribution in [-0.2, 0) is 22.6 Å². The highest BCUT2D eigenvalue weighted by molar-refractivity contribution is 7.92. The SMILES string of the molecule is CC1(C)Cc2cc(NS(C)(=O)=O)cc(OCCCN3CC=C(c4cccc(C(F)(F)F)c4)CC3)c2O1. The van der Waals surface area contributed by atoms with Crippen LogP contribution in [0.15, 0.2) is 42.5 Å². The van der Waals surface area contributed by atoms with Crippen molar-refractivity contribution in [1.82, 2.24) is 4.90 Å². The van der Waals surface area contributed by atoms with Gasteiger partial charge in [-0.25, -0.2) is 8.42 Å². The fraction of sp³-hybridized carbons (Fsp3) is 0.462. The van der Waals surface area contributed by atoms with Gasteiger partial charge in [-0.3, -0.25) is 9.62 Å². The summed E-state index contributed by atoms with van der Waals surface area (Å²) in [5.74, 6) is 1.15. The van der Waals surface area contributed by atoms with Crippen molar-refractivity contribution in [1.29, 1.82) is 0 Å². The molecule has 36 heavy (non-hydrogen) atoms. The average Bonchev–Trinajstić information content (AvgIpc) is 3.09. The number of anilines is 1. The Kier molecular flexibility index (Phi) is 7.30. The molecule has 0 amide bonds. The number of rotatable bonds is 8. The van der Waals surface area contributed by atoms with Crippen molar-refractivity contribution in [3.05, 3.63) is 59.2 Å². The molecule has 0 fully saturated rings. The van der Waals surface area contributed by atoms with Crippen molar-refractivity contribution < 1.29 is 31.1 Å². The third-order valence-corrected chi connectivity index (χ3v) is 6.77. The average molecular weight is 525 g/mol. The largest absolute Gasteiger partial charge is 0.490 e. The molecule has 1 N–H and O–H groups in total. The molecule has 0 saturated carbocycles. The molecule has 6 nitrogen and oxygen atoms in total. The van der Waals surface area contributed by atoms with Crippen LogP contribution >= 0.6 is 0 Å². The lowest BCUT2D eigenvalue weighted by molar-refractivity contribution is -0.137. The Morgan fingerprint density at radius 2 is 1.97 bits per heavy atom. The highest BCUT2D eigenvalue weighted by atomic mass is 32.2. The minimum absolute atomic E-state index is 0.401. The van der Waals surface area contributed by atoms with Gasteiger partial charge in [0.1, 0.15) is 5.60 Å². The second-order valence-corrected chi connectivity index (χ2v) is 11.7. The molecule has 0 bridgehead atoms. The molecular formula is C26H31F3N2O4S. The lowest BCUT2D eigenvalue weighted by atomic mass is 9.97. The lowest BCUT2D eigenvalue weighted by Crippen LogP contribution is -2.30. The zero-order valence-corrected chi connectivity index (χ0v) is 21.4. The summed E-state index contributed by atoms with van der Waals surface area (Å²) in [5, 5.41) is 0. The Bertz CT molecular complexity index is 1260. The van der Waals surface area contributed by atoms with E-state index in [1.807, 2.05) is 19.9 Å². The highest BCUT2D eigenvalue weighted by Crippen LogP contribution is 2.44. The molecule has 0 radical (unpaired) electrons. The van der Waals surface area contributed by atoms with E-state index >= 15 is 0 Å². The normalized spacial score (nSPS) is 17.8. The molecule has 0 aromatic heterocycles. The molecule has 2 aromatic carbocycles. The summed E-state index contributed by atoms with van der Waals surface area (Å²) in [4.78, 5) is 2.23. The minimum atomic E-state index is -4.35. The number of fused-ring (bicyclic) bond motifs is 1. The first kappa shape index (κ1) is 26.3. The summed E-state index contributed by atoms with van der Waals surface area (Å²) in [7, 11) is -3.43. The summed E-state index contributed by atoms with van der Waals surface area (Å²) in [6.45, 7) is 6.53. The Labute approximate surface area is 210 Å². The predicted molar refractivity (Wildman–Crippen MR) is 134 cm³/mol. The monoisotopic (exact) mass is 524 g/mol. The van der Waals surface area contributed by atoms with Crippen LogP contribution in [0.2, 0.25) is 0 Å². The number of halogens is 3. The van der Waals surface area contributed by atoms with Gasteiger partial charge in [0.25, 0.3) is 0 Å². The molecule has 0 saturated heterocycles. The third kappa shape index (κ3) is 6.73. The fourth-order valence-corrected chi connectivity index (χ4v) is 5.15. The van der Waals surface area contributed by atoms with Gasteiger partial charge >= 0.3 is 6.18 Å². The second kappa shape index (κ2) is 9.97. The zero-order valence-electron chi connectivity index (χ0n) is 20.6. The molecule has 2 aliphatic heterocycles. The zero-order chi connectivity index (χ0) is 26.1. The number of hydrogen-bond donors (Lipinski definition) is 1. The number of alkyl halides is 3. The van der Waals surface area contributed by atoms with Gasteiger partial charge in [0.2, 0.25) is 10.0 Å². The van der Waals surface area contributed by atoms with E-state index < -0.39 is 27.4 Å². The molecule has 2 aromatic rings. The standard InChI is InChI=1S/C26H31F3N2O4S/c1-25(2)17-20-15-22(30-36(3,32)33)16-23(24(20)35-25)34-13-5-10-31-11-8-18(9-12-31)19-6-4-7-21(14-19)26(27,28)29/h4,6-8,14-16,30H,5,9-13,17H2,1-3H3. The number of nitrogens with one attached hydrogen (secondary N) is 1. The highest BCUT2D eigenvalue weighted by Gasteiger charge is 2.33. The first-order valence-electron chi connectivity index (χ1n) is 11.8. The van der Waals surface area contributed by atoms with Crippen LogP contribution in [0.5, 0.6) is 11.5 Å². The maximum Gasteiger partial charge on any atom is 0.416 e. The van der Waals surface area contributed by atoms with Crippen molar-refractivity contribution in [2.45, 2.75) is 44.9 Å². The predicted octanol–water partition coefficient (Wildman–Crippen LogP) is 5.35. The first-order chi connectivity index (χ1) is 16.8. The summed E-state index contributed by atoms with van der Waals surface area (Å²) >= 11 is 0. The molecule has 0 aliphatic carbocycles. The maximum absolute atomic E-state index is 13.0. The third-order valence-electron chi connectivity index (χ3n) is 6.16. The molecule has 0 unspecified atom stereocenters. The van der Waals surface area contributed by atoms with Crippen molar-refractivity contribution >= 4 is 21.3 Å². The van der Waals surface area contributed by atoms with Crippen molar-refractivity contribution in [2.24, 2.45) is 0 Å². The smallest absolute Gasteiger partial charge is 0.416 e. The summed E-state index contributed by atoms with van der Waals surface area (Å²) in [6.07, 6.45) is 0.799. The van der Waals surface area contributed by atoms with Gasteiger partial charge in [0.15, 0.2) is 11.5 Å². The van der Waals surface area contributed by atoms with Crippen LogP contribution in [0, 0.1) is 0 Å². The van der Waals surface area contributed by atoms with Crippen LogP contribution in [0.1, 0.15) is 43.4 Å². The molecule has 196 valence electrons. The second-order valence-electron chi connectivity index (χ2n) is 9.94. The number of ether oxygens (including phenoxy) is 2. The number of nitrogens with zero attached hydrogens (tertiary/aromatic N) is 1. The molecule has 2 aliphatic rings. The van der Waals surface area contributed by atoms with Gasteiger partial charge in [0.05, 0.1) is 24.1 Å². The van der Waals surface area contributed by atoms with Crippen LogP contribution in [-0.4, -0.2) is 51.4 Å². The summed E-state index contributed by atoms with van der Waals surface area (Å²) in [5.41, 5.74) is 1.85. The molecule has 4 rings (SSSR count). The van der Waals surface area contributed by atoms with Crippen molar-refractivity contribution in [2.75, 3.05) is 37.2 Å². The Morgan fingerprint density at radius 3 is 2.64 bits per heavy atom. The minimum Gasteiger partial charge on any atom is -0.490 e. The van der Waals surface area contributed by atoms with Crippen LogP contribution < -0.4 is 14.2 Å². The quantitative estimate of drug-likeness (QED) is 0.472. The first-order valence-corrected chi connectivity index (χ1v) is 13.7. The Hall–Kier alpha value is -2.72. The van der Waals surface area contributed by atoms with E-state index in [-0.39, 0.29) is 0 Å². The fourth-order valence-electron chi connectivity index (χ4n) is 4.60. The van der Waals surface area contributed by atoms with Crippen LogP contribution in [0.25, 0.3) is 5.57 Å². The molecular weight excluding hydrogens is 493 g/mol. The number of benzene rings is 2. The lowest BCUT2D eigenvalue weighted by Gasteiger charge is -2.26. The van der Waals surface area contributed by atoms with E-state index in [0.29, 0.717) is 48.7 Å². The van der Waals surface area contributed by atoms with E-state index in [9.17, 15) is 21.6 Å². The Balaban J connectivity index is 1.33. The van der Waals surface area contributed by atoms with E-state index in [4.69, 9.17) is 9.47 Å². The maximum atomic E-state index is 13.0. The van der Waals surface area contributed by atoms with E-state index in [2.05, 4.69) is 9.62 Å². The van der Waals surface area contributed by atoms with E-state index in [1.165, 1.54) is 12.1 Å². The number of sulfonamides is 1. The Morgan fingerprint density at radius 1 is 1.19 bits per heavy atom. The van der Waals surface area contributed by atoms with E-state index in [0.717, 1.165) is 43.0 Å². The number of hydrogen-bond acceptors (Lipinski definition) is 5. The van der Waals surface area contributed by atoms with Gasteiger partial charge in [0, 0.05) is 37.7 Å². The van der Waals surface area contributed by atoms with Crippen molar-refractivity contribution in [3.8, 4) is 11.5 Å². The van der Waals surface area contributed by atoms with Crippen molar-refractivity contribution in [3.63, 3.8) is 0 Å². The molecule has 0 spiro atoms. The van der Waals surface area contributed by atoms with Gasteiger partial charge in [-0.15, -0.1) is 0 Å². The molecule has 2 heterocycles. The topological polar surface area (TPSA) is 67.9 Å².